The number of anilines is 1. The first kappa shape index (κ1) is 21.8. The number of morpholine rings is 1. The van der Waals surface area contributed by atoms with Gasteiger partial charge in [0.1, 0.15) is 0 Å². The van der Waals surface area contributed by atoms with Crippen molar-refractivity contribution in [3.63, 3.8) is 0 Å². The van der Waals surface area contributed by atoms with Crippen molar-refractivity contribution in [1.82, 2.24) is 5.32 Å². The molecule has 1 heterocycles. The monoisotopic (exact) mass is 414 g/mol. The molecule has 0 spiro atoms. The van der Waals surface area contributed by atoms with Crippen LogP contribution in [0.25, 0.3) is 0 Å². The van der Waals surface area contributed by atoms with E-state index < -0.39 is 0 Å². The van der Waals surface area contributed by atoms with E-state index in [1.54, 1.807) is 12.1 Å². The Balaban J connectivity index is 1.50. The van der Waals surface area contributed by atoms with Gasteiger partial charge in [0.15, 0.2) is 11.5 Å². The second-order valence-electron chi connectivity index (χ2n) is 7.04. The van der Waals surface area contributed by atoms with Gasteiger partial charge in [-0.05, 0) is 42.7 Å². The van der Waals surface area contributed by atoms with Crippen LogP contribution in [0.5, 0.6) is 17.2 Å². The highest BCUT2D eigenvalue weighted by Gasteiger charge is 2.16. The van der Waals surface area contributed by atoms with Crippen molar-refractivity contribution >= 4 is 11.6 Å². The summed E-state index contributed by atoms with van der Waals surface area (Å²) in [6.45, 7) is 4.03. The zero-order chi connectivity index (χ0) is 21.3. The molecule has 7 nitrogen and oxygen atoms in total. The van der Waals surface area contributed by atoms with Gasteiger partial charge in [-0.2, -0.15) is 0 Å². The van der Waals surface area contributed by atoms with Crippen molar-refractivity contribution in [2.75, 3.05) is 59.1 Å². The maximum atomic E-state index is 12.5. The summed E-state index contributed by atoms with van der Waals surface area (Å²) in [7, 11) is 4.60. The van der Waals surface area contributed by atoms with Gasteiger partial charge < -0.3 is 29.2 Å². The molecule has 1 amide bonds. The molecule has 7 heteroatoms. The molecule has 1 N–H and O–H groups in total. The van der Waals surface area contributed by atoms with E-state index in [0.29, 0.717) is 29.4 Å². The molecular formula is C23H30N2O5. The number of ether oxygens (including phenoxy) is 4. The summed E-state index contributed by atoms with van der Waals surface area (Å²) in [5.74, 6) is 1.22. The summed E-state index contributed by atoms with van der Waals surface area (Å²) in [6, 6.07) is 11.9. The largest absolute Gasteiger partial charge is 0.493 e. The second kappa shape index (κ2) is 10.7. The molecule has 3 rings (SSSR count). The summed E-state index contributed by atoms with van der Waals surface area (Å²) in [6.07, 6.45) is 1.76. The first-order valence-corrected chi connectivity index (χ1v) is 10.2. The van der Waals surface area contributed by atoms with Crippen LogP contribution < -0.4 is 24.4 Å². The van der Waals surface area contributed by atoms with E-state index in [1.807, 2.05) is 0 Å². The Morgan fingerprint density at radius 2 is 1.63 bits per heavy atom. The zero-order valence-corrected chi connectivity index (χ0v) is 17.9. The Morgan fingerprint density at radius 3 is 2.20 bits per heavy atom. The lowest BCUT2D eigenvalue weighted by molar-refractivity contribution is 0.0952. The third-order valence-electron chi connectivity index (χ3n) is 5.17. The van der Waals surface area contributed by atoms with E-state index in [4.69, 9.17) is 18.9 Å². The predicted molar refractivity (Wildman–Crippen MR) is 116 cm³/mol. The molecule has 0 aromatic heterocycles. The van der Waals surface area contributed by atoms with Crippen molar-refractivity contribution < 1.29 is 23.7 Å². The van der Waals surface area contributed by atoms with Gasteiger partial charge in [0.05, 0.1) is 34.5 Å². The summed E-state index contributed by atoms with van der Waals surface area (Å²) < 4.78 is 21.3. The lowest BCUT2D eigenvalue weighted by Crippen LogP contribution is -2.36. The molecule has 0 aliphatic carbocycles. The van der Waals surface area contributed by atoms with Gasteiger partial charge in [-0.25, -0.2) is 0 Å². The Labute approximate surface area is 177 Å². The van der Waals surface area contributed by atoms with E-state index in [-0.39, 0.29) is 5.91 Å². The number of amides is 1. The van der Waals surface area contributed by atoms with Crippen molar-refractivity contribution in [2.24, 2.45) is 0 Å². The Morgan fingerprint density at radius 1 is 1.00 bits per heavy atom. The number of aryl methyl sites for hydroxylation is 1. The molecule has 0 saturated carbocycles. The second-order valence-corrected chi connectivity index (χ2v) is 7.04. The van der Waals surface area contributed by atoms with E-state index >= 15 is 0 Å². The quantitative estimate of drug-likeness (QED) is 0.637. The van der Waals surface area contributed by atoms with Crippen molar-refractivity contribution in [3.8, 4) is 17.2 Å². The molecule has 30 heavy (non-hydrogen) atoms. The van der Waals surface area contributed by atoms with E-state index in [2.05, 4.69) is 34.5 Å². The van der Waals surface area contributed by atoms with E-state index in [1.165, 1.54) is 32.6 Å². The number of carbonyl (C=O) groups is 1. The predicted octanol–water partition coefficient (Wildman–Crippen LogP) is 2.91. The number of rotatable bonds is 9. The smallest absolute Gasteiger partial charge is 0.251 e. The zero-order valence-electron chi connectivity index (χ0n) is 17.9. The fourth-order valence-electron chi connectivity index (χ4n) is 3.50. The fourth-order valence-corrected chi connectivity index (χ4v) is 3.50. The molecule has 0 radical (unpaired) electrons. The summed E-state index contributed by atoms with van der Waals surface area (Å²) in [5, 5.41) is 2.96. The number of methoxy groups -OCH3 is 3. The molecular weight excluding hydrogens is 384 g/mol. The summed E-state index contributed by atoms with van der Waals surface area (Å²) in [5.41, 5.74) is 2.96. The molecule has 1 aliphatic heterocycles. The molecule has 1 aliphatic rings. The Bertz CT molecular complexity index is 807. The molecule has 2 aromatic rings. The molecule has 162 valence electrons. The number of hydrogen-bond donors (Lipinski definition) is 1. The van der Waals surface area contributed by atoms with Crippen LogP contribution in [0.3, 0.4) is 0 Å². The van der Waals surface area contributed by atoms with Crippen molar-refractivity contribution in [3.05, 3.63) is 47.5 Å². The Kier molecular flexibility index (Phi) is 7.79. The highest BCUT2D eigenvalue weighted by molar-refractivity contribution is 5.95. The first-order chi connectivity index (χ1) is 14.7. The normalized spacial score (nSPS) is 13.6. The number of carbonyl (C=O) groups excluding carboxylic acids is 1. The number of nitrogens with one attached hydrogen (secondary N) is 1. The summed E-state index contributed by atoms with van der Waals surface area (Å²) >= 11 is 0. The maximum Gasteiger partial charge on any atom is 0.251 e. The average molecular weight is 415 g/mol. The van der Waals surface area contributed by atoms with Crippen LogP contribution >= 0.6 is 0 Å². The molecule has 0 bridgehead atoms. The van der Waals surface area contributed by atoms with E-state index in [0.717, 1.165) is 39.1 Å². The minimum Gasteiger partial charge on any atom is -0.493 e. The number of benzene rings is 2. The molecule has 0 unspecified atom stereocenters. The summed E-state index contributed by atoms with van der Waals surface area (Å²) in [4.78, 5) is 14.9. The third-order valence-corrected chi connectivity index (χ3v) is 5.17. The molecule has 1 saturated heterocycles. The molecule has 2 aromatic carbocycles. The van der Waals surface area contributed by atoms with Gasteiger partial charge in [0.2, 0.25) is 5.75 Å². The van der Waals surface area contributed by atoms with Gasteiger partial charge in [0.25, 0.3) is 5.91 Å². The van der Waals surface area contributed by atoms with Crippen LogP contribution in [0.1, 0.15) is 22.3 Å². The van der Waals surface area contributed by atoms with Crippen LogP contribution in [0.15, 0.2) is 36.4 Å². The third kappa shape index (κ3) is 5.36. The number of hydrogen-bond acceptors (Lipinski definition) is 6. The van der Waals surface area contributed by atoms with Crippen LogP contribution in [0.4, 0.5) is 5.69 Å². The topological polar surface area (TPSA) is 69.3 Å². The maximum absolute atomic E-state index is 12.5. The SMILES string of the molecule is COc1cc(C(=O)NCCCc2ccc(N3CCOCC3)cc2)cc(OC)c1OC. The Hall–Kier alpha value is -2.93. The van der Waals surface area contributed by atoms with Gasteiger partial charge in [-0.1, -0.05) is 12.1 Å². The minimum atomic E-state index is -0.170. The first-order valence-electron chi connectivity index (χ1n) is 10.2. The number of nitrogens with zero attached hydrogens (tertiary/aromatic N) is 1. The fraction of sp³-hybridized carbons (Fsp3) is 0.435. The molecule has 1 fully saturated rings. The van der Waals surface area contributed by atoms with Crippen molar-refractivity contribution in [2.45, 2.75) is 12.8 Å². The van der Waals surface area contributed by atoms with Crippen LogP contribution in [0, 0.1) is 0 Å². The average Bonchev–Trinajstić information content (AvgIpc) is 2.81. The highest BCUT2D eigenvalue weighted by atomic mass is 16.5. The van der Waals surface area contributed by atoms with Gasteiger partial charge in [0, 0.05) is 30.9 Å². The standard InChI is InChI=1S/C23H30N2O5/c1-27-20-15-18(16-21(28-2)22(20)29-3)23(26)24-10-4-5-17-6-8-19(9-7-17)25-11-13-30-14-12-25/h6-9,15-16H,4-5,10-14H2,1-3H3,(H,24,26). The molecule has 0 atom stereocenters. The van der Waals surface area contributed by atoms with Crippen LogP contribution in [-0.4, -0.2) is 60.1 Å². The van der Waals surface area contributed by atoms with Gasteiger partial charge in [-0.15, -0.1) is 0 Å². The lowest BCUT2D eigenvalue weighted by atomic mass is 10.1. The highest BCUT2D eigenvalue weighted by Crippen LogP contribution is 2.38. The minimum absolute atomic E-state index is 0.170. The van der Waals surface area contributed by atoms with Crippen LogP contribution in [-0.2, 0) is 11.2 Å². The van der Waals surface area contributed by atoms with Gasteiger partial charge in [-0.3, -0.25) is 4.79 Å². The van der Waals surface area contributed by atoms with Crippen molar-refractivity contribution in [1.29, 1.82) is 0 Å². The lowest BCUT2D eigenvalue weighted by Gasteiger charge is -2.28. The van der Waals surface area contributed by atoms with Gasteiger partial charge >= 0.3 is 0 Å². The van der Waals surface area contributed by atoms with E-state index in [9.17, 15) is 4.79 Å². The van der Waals surface area contributed by atoms with Crippen LogP contribution in [0.2, 0.25) is 0 Å².